The zero-order valence-electron chi connectivity index (χ0n) is 26.0. The number of amides is 6. The number of aliphatic hydroxyl groups is 4. The molecular formula is C29H44N6O11. The number of ether oxygens (including phenoxy) is 1. The van der Waals surface area contributed by atoms with E-state index in [9.17, 15) is 49.2 Å². The van der Waals surface area contributed by atoms with Crippen LogP contribution in [0.15, 0.2) is 30.3 Å². The van der Waals surface area contributed by atoms with Crippen molar-refractivity contribution in [3.63, 3.8) is 0 Å². The minimum absolute atomic E-state index is 0.0610. The lowest BCUT2D eigenvalue weighted by Gasteiger charge is -2.42. The first kappa shape index (κ1) is 38.0. The molecule has 0 aliphatic carbocycles. The number of rotatable bonds is 15. The molecule has 1 aliphatic rings. The molecule has 1 heterocycles. The van der Waals surface area contributed by atoms with Crippen molar-refractivity contribution in [3.05, 3.63) is 35.9 Å². The van der Waals surface area contributed by atoms with E-state index < -0.39 is 103 Å². The van der Waals surface area contributed by atoms with Crippen molar-refractivity contribution in [2.45, 2.75) is 95.3 Å². The fourth-order valence-corrected chi connectivity index (χ4v) is 4.74. The summed E-state index contributed by atoms with van der Waals surface area (Å²) in [4.78, 5) is 76.4. The van der Waals surface area contributed by atoms with Crippen LogP contribution in [0.2, 0.25) is 0 Å². The highest BCUT2D eigenvalue weighted by molar-refractivity contribution is 6.00. The molecule has 0 aromatic heterocycles. The van der Waals surface area contributed by atoms with Gasteiger partial charge in [-0.3, -0.25) is 28.8 Å². The summed E-state index contributed by atoms with van der Waals surface area (Å²) in [6, 6.07) is 2.08. The van der Waals surface area contributed by atoms with E-state index in [0.29, 0.717) is 0 Å². The zero-order chi connectivity index (χ0) is 34.7. The Labute approximate surface area is 265 Å². The lowest BCUT2D eigenvalue weighted by Crippen LogP contribution is -2.68. The highest BCUT2D eigenvalue weighted by atomic mass is 16.5. The zero-order valence-corrected chi connectivity index (χ0v) is 26.0. The molecule has 1 aromatic rings. The maximum absolute atomic E-state index is 13.6. The number of hydrogen-bond acceptors (Lipinski definition) is 11. The number of primary amides is 1. The molecule has 1 saturated heterocycles. The third-order valence-electron chi connectivity index (χ3n) is 7.07. The van der Waals surface area contributed by atoms with Gasteiger partial charge in [-0.2, -0.15) is 0 Å². The summed E-state index contributed by atoms with van der Waals surface area (Å²) in [6.45, 7) is 5.16. The molecule has 6 amide bonds. The molecule has 0 saturated carbocycles. The monoisotopic (exact) mass is 652 g/mol. The van der Waals surface area contributed by atoms with Crippen molar-refractivity contribution in [1.29, 1.82) is 0 Å². The summed E-state index contributed by atoms with van der Waals surface area (Å²) >= 11 is 0. The van der Waals surface area contributed by atoms with E-state index in [1.54, 1.807) is 32.0 Å². The van der Waals surface area contributed by atoms with Gasteiger partial charge < -0.3 is 57.5 Å². The summed E-state index contributed by atoms with van der Waals surface area (Å²) in [7, 11) is 0. The van der Waals surface area contributed by atoms with Crippen molar-refractivity contribution in [2.75, 3.05) is 6.61 Å². The number of nitrogens with two attached hydrogens (primary N) is 1. The second-order valence-corrected chi connectivity index (χ2v) is 11.5. The SMILES string of the molecule is CC(=O)N[C@@H]1[C@@H](O)[C@H](O)[C@@H](CO)O[C@H]1NC(=O)C[C@H](NC(=O)c1ccccc1)C(=O)N[C@@H](CC(C)C)C(=O)N[C@H](C(N)=O)[C@@H](C)O. The van der Waals surface area contributed by atoms with Crippen LogP contribution in [0.3, 0.4) is 0 Å². The van der Waals surface area contributed by atoms with Gasteiger partial charge in [0, 0.05) is 12.5 Å². The van der Waals surface area contributed by atoms with Crippen LogP contribution in [0.5, 0.6) is 0 Å². The van der Waals surface area contributed by atoms with Gasteiger partial charge >= 0.3 is 0 Å². The molecule has 0 spiro atoms. The number of carbonyl (C=O) groups excluding carboxylic acids is 6. The predicted octanol–water partition coefficient (Wildman–Crippen LogP) is -3.88. The summed E-state index contributed by atoms with van der Waals surface area (Å²) in [5.41, 5.74) is 5.43. The number of aliphatic hydroxyl groups excluding tert-OH is 4. The molecule has 0 radical (unpaired) electrons. The Kier molecular flexibility index (Phi) is 14.5. The standard InChI is InChI=1S/C29H44N6O11/c1-13(2)10-17(28(45)35-21(14(3)37)25(30)42)33-27(44)18(32-26(43)16-8-6-5-7-9-16)11-20(39)34-29-22(31-15(4)38)24(41)23(40)19(12-36)46-29/h5-9,13-14,17-19,21-24,29,36-37,40-41H,10-12H2,1-4H3,(H2,30,42)(H,31,38)(H,32,43)(H,33,44)(H,34,39)(H,35,45)/t14-,17+,18+,19-,21+,22-,23-,24-,29-/m1/s1. The Bertz CT molecular complexity index is 1230. The van der Waals surface area contributed by atoms with Crippen LogP contribution in [0.25, 0.3) is 0 Å². The molecule has 0 bridgehead atoms. The quantitative estimate of drug-likeness (QED) is 0.0875. The second-order valence-electron chi connectivity index (χ2n) is 11.5. The van der Waals surface area contributed by atoms with Crippen molar-refractivity contribution in [1.82, 2.24) is 26.6 Å². The van der Waals surface area contributed by atoms with Crippen LogP contribution in [-0.2, 0) is 28.7 Å². The normalized spacial score (nSPS) is 23.6. The molecule has 9 atom stereocenters. The Morgan fingerprint density at radius 2 is 1.50 bits per heavy atom. The fraction of sp³-hybridized carbons (Fsp3) is 0.586. The molecular weight excluding hydrogens is 608 g/mol. The van der Waals surface area contributed by atoms with Crippen molar-refractivity contribution in [3.8, 4) is 0 Å². The highest BCUT2D eigenvalue weighted by Gasteiger charge is 2.45. The number of hydrogen-bond donors (Lipinski definition) is 10. The van der Waals surface area contributed by atoms with Gasteiger partial charge in [0.2, 0.25) is 29.5 Å². The van der Waals surface area contributed by atoms with Gasteiger partial charge in [-0.25, -0.2) is 0 Å². The van der Waals surface area contributed by atoms with E-state index in [4.69, 9.17) is 10.5 Å². The second kappa shape index (κ2) is 17.5. The van der Waals surface area contributed by atoms with Gasteiger partial charge in [0.25, 0.3) is 5.91 Å². The molecule has 1 fully saturated rings. The molecule has 1 aromatic carbocycles. The Balaban J connectivity index is 2.33. The van der Waals surface area contributed by atoms with Gasteiger partial charge in [0.05, 0.1) is 19.1 Å². The van der Waals surface area contributed by atoms with E-state index in [2.05, 4.69) is 26.6 Å². The fourth-order valence-electron chi connectivity index (χ4n) is 4.74. The lowest BCUT2D eigenvalue weighted by atomic mass is 9.95. The van der Waals surface area contributed by atoms with Crippen LogP contribution >= 0.6 is 0 Å². The van der Waals surface area contributed by atoms with Gasteiger partial charge in [-0.05, 0) is 31.4 Å². The average Bonchev–Trinajstić information content (AvgIpc) is 2.98. The molecule has 11 N–H and O–H groups in total. The summed E-state index contributed by atoms with van der Waals surface area (Å²) < 4.78 is 5.50. The smallest absolute Gasteiger partial charge is 0.251 e. The van der Waals surface area contributed by atoms with Gasteiger partial charge in [0.1, 0.15) is 42.5 Å². The van der Waals surface area contributed by atoms with Crippen LogP contribution in [0.4, 0.5) is 0 Å². The van der Waals surface area contributed by atoms with Crippen LogP contribution in [0, 0.1) is 5.92 Å². The Morgan fingerprint density at radius 3 is 2.02 bits per heavy atom. The molecule has 0 unspecified atom stereocenters. The van der Waals surface area contributed by atoms with Crippen molar-refractivity contribution < 1.29 is 53.9 Å². The Morgan fingerprint density at radius 1 is 0.891 bits per heavy atom. The van der Waals surface area contributed by atoms with Crippen LogP contribution < -0.4 is 32.3 Å². The number of benzene rings is 1. The van der Waals surface area contributed by atoms with E-state index in [-0.39, 0.29) is 17.9 Å². The Hall–Kier alpha value is -4.16. The first-order valence-electron chi connectivity index (χ1n) is 14.7. The third-order valence-corrected chi connectivity index (χ3v) is 7.07. The molecule has 256 valence electrons. The van der Waals surface area contributed by atoms with E-state index in [0.717, 1.165) is 6.92 Å². The number of nitrogens with one attached hydrogen (secondary N) is 5. The van der Waals surface area contributed by atoms with Crippen LogP contribution in [0.1, 0.15) is 50.9 Å². The third kappa shape index (κ3) is 11.0. The van der Waals surface area contributed by atoms with E-state index in [1.807, 2.05) is 0 Å². The van der Waals surface area contributed by atoms with Gasteiger partial charge in [0.15, 0.2) is 6.23 Å². The first-order chi connectivity index (χ1) is 21.5. The van der Waals surface area contributed by atoms with Crippen LogP contribution in [-0.4, -0.2) is 117 Å². The number of carbonyl (C=O) groups is 6. The van der Waals surface area contributed by atoms with Crippen molar-refractivity contribution in [2.24, 2.45) is 11.7 Å². The van der Waals surface area contributed by atoms with E-state index >= 15 is 0 Å². The summed E-state index contributed by atoms with van der Waals surface area (Å²) in [5.74, 6) is -5.25. The minimum atomic E-state index is -1.65. The minimum Gasteiger partial charge on any atom is -0.394 e. The maximum Gasteiger partial charge on any atom is 0.251 e. The molecule has 1 aliphatic heterocycles. The van der Waals surface area contributed by atoms with Gasteiger partial charge in [-0.1, -0.05) is 32.0 Å². The summed E-state index contributed by atoms with van der Waals surface area (Å²) in [5, 5.41) is 52.2. The topological polar surface area (TPSA) is 279 Å². The average molecular weight is 653 g/mol. The first-order valence-corrected chi connectivity index (χ1v) is 14.7. The van der Waals surface area contributed by atoms with E-state index in [1.165, 1.54) is 19.1 Å². The maximum atomic E-state index is 13.6. The molecule has 17 nitrogen and oxygen atoms in total. The summed E-state index contributed by atoms with van der Waals surface area (Å²) in [6.07, 6.45) is -8.07. The van der Waals surface area contributed by atoms with Crippen molar-refractivity contribution >= 4 is 35.4 Å². The predicted molar refractivity (Wildman–Crippen MR) is 160 cm³/mol. The highest BCUT2D eigenvalue weighted by Crippen LogP contribution is 2.20. The lowest BCUT2D eigenvalue weighted by molar-refractivity contribution is -0.203. The molecule has 17 heteroatoms. The molecule has 2 rings (SSSR count). The molecule has 46 heavy (non-hydrogen) atoms. The largest absolute Gasteiger partial charge is 0.394 e. The van der Waals surface area contributed by atoms with Gasteiger partial charge in [-0.15, -0.1) is 0 Å².